The van der Waals surface area contributed by atoms with Crippen molar-refractivity contribution in [3.05, 3.63) is 68.3 Å². The molecule has 0 saturated carbocycles. The number of benzene rings is 2. The van der Waals surface area contributed by atoms with Crippen molar-refractivity contribution in [3.8, 4) is 40.0 Å². The largest absolute Gasteiger partial charge is 0.454 e. The molecule has 11 nitrogen and oxygen atoms in total. The van der Waals surface area contributed by atoms with E-state index >= 15 is 0 Å². The van der Waals surface area contributed by atoms with Crippen LogP contribution in [0.1, 0.15) is 5.56 Å². The molecule has 0 aliphatic carbocycles. The minimum Gasteiger partial charge on any atom is -0.454 e. The monoisotopic (exact) mass is 405 g/mol. The van der Waals surface area contributed by atoms with Crippen LogP contribution in [0, 0.1) is 31.6 Å². The normalized spacial score (nSPS) is 11.7. The number of rotatable bonds is 4. The lowest BCUT2D eigenvalue weighted by molar-refractivity contribution is -0.384. The van der Waals surface area contributed by atoms with Crippen molar-refractivity contribution < 1.29 is 19.3 Å². The van der Waals surface area contributed by atoms with Gasteiger partial charge in [-0.1, -0.05) is 12.1 Å². The molecule has 3 aromatic rings. The first kappa shape index (κ1) is 18.6. The van der Waals surface area contributed by atoms with Gasteiger partial charge in [-0.3, -0.25) is 20.2 Å². The molecule has 30 heavy (non-hydrogen) atoms. The first-order valence-electron chi connectivity index (χ1n) is 8.43. The van der Waals surface area contributed by atoms with Gasteiger partial charge in [0, 0.05) is 11.6 Å². The molecular weight excluding hydrogens is 394 g/mol. The Hall–Kier alpha value is -4.72. The van der Waals surface area contributed by atoms with Crippen LogP contribution < -0.4 is 15.2 Å². The second kappa shape index (κ2) is 7.02. The Balaban J connectivity index is 2.02. The molecule has 2 N–H and O–H groups in total. The molecule has 0 fully saturated rings. The number of aromatic nitrogens is 1. The van der Waals surface area contributed by atoms with Gasteiger partial charge in [0.2, 0.25) is 6.79 Å². The standard InChI is InChI=1S/C19H11N5O6/c20-8-13-11(12-6-17-18(30-9-29-17)7-16(12)24(27)28)5-14(22-19(13)21)10-3-1-2-4-15(10)23(25)26/h1-7H,9H2,(H2,21,22). The number of hydrogen-bond donors (Lipinski definition) is 1. The summed E-state index contributed by atoms with van der Waals surface area (Å²) in [6.07, 6.45) is 0. The van der Waals surface area contributed by atoms with E-state index in [0.717, 1.165) is 0 Å². The third kappa shape index (κ3) is 2.98. The zero-order valence-electron chi connectivity index (χ0n) is 15.1. The smallest absolute Gasteiger partial charge is 0.281 e. The summed E-state index contributed by atoms with van der Waals surface area (Å²) in [5, 5.41) is 32.7. The molecule has 0 amide bonds. The molecule has 0 bridgehead atoms. The van der Waals surface area contributed by atoms with E-state index in [1.54, 1.807) is 6.07 Å². The lowest BCUT2D eigenvalue weighted by Crippen LogP contribution is -2.02. The molecule has 2 aromatic carbocycles. The highest BCUT2D eigenvalue weighted by molar-refractivity contribution is 5.87. The van der Waals surface area contributed by atoms with E-state index in [2.05, 4.69) is 4.98 Å². The van der Waals surface area contributed by atoms with E-state index in [9.17, 15) is 25.5 Å². The van der Waals surface area contributed by atoms with Gasteiger partial charge in [0.1, 0.15) is 17.5 Å². The minimum absolute atomic E-state index is 0.0507. The van der Waals surface area contributed by atoms with Crippen molar-refractivity contribution in [1.82, 2.24) is 4.98 Å². The molecule has 148 valence electrons. The third-order valence-electron chi connectivity index (χ3n) is 4.51. The predicted molar refractivity (Wildman–Crippen MR) is 104 cm³/mol. The van der Waals surface area contributed by atoms with Crippen molar-refractivity contribution in [2.24, 2.45) is 0 Å². The predicted octanol–water partition coefficient (Wildman–Crippen LogP) is 3.41. The maximum Gasteiger partial charge on any atom is 0.281 e. The molecule has 0 saturated heterocycles. The van der Waals surface area contributed by atoms with Crippen LogP contribution in [0.3, 0.4) is 0 Å². The second-order valence-corrected chi connectivity index (χ2v) is 6.18. The van der Waals surface area contributed by atoms with E-state index in [4.69, 9.17) is 15.2 Å². The lowest BCUT2D eigenvalue weighted by Gasteiger charge is -2.11. The number of nitro groups is 2. The lowest BCUT2D eigenvalue weighted by atomic mass is 9.96. The first-order chi connectivity index (χ1) is 14.4. The molecule has 0 unspecified atom stereocenters. The summed E-state index contributed by atoms with van der Waals surface area (Å²) in [4.78, 5) is 26.0. The molecule has 1 aliphatic heterocycles. The fourth-order valence-corrected chi connectivity index (χ4v) is 3.18. The fraction of sp³-hybridized carbons (Fsp3) is 0.0526. The molecular formula is C19H11N5O6. The van der Waals surface area contributed by atoms with Crippen LogP contribution in [0.2, 0.25) is 0 Å². The molecule has 4 rings (SSSR count). The zero-order chi connectivity index (χ0) is 21.4. The van der Waals surface area contributed by atoms with Crippen LogP contribution in [0.15, 0.2) is 42.5 Å². The Morgan fingerprint density at radius 3 is 2.30 bits per heavy atom. The summed E-state index contributed by atoms with van der Waals surface area (Å²) in [5.41, 5.74) is 5.69. The summed E-state index contributed by atoms with van der Waals surface area (Å²) >= 11 is 0. The van der Waals surface area contributed by atoms with Gasteiger partial charge in [-0.2, -0.15) is 5.26 Å². The maximum absolute atomic E-state index is 11.7. The molecule has 1 aromatic heterocycles. The number of para-hydroxylation sites is 1. The number of nitro benzene ring substituents is 2. The number of pyridine rings is 1. The number of nitrogens with two attached hydrogens (primary N) is 1. The van der Waals surface area contributed by atoms with Crippen LogP contribution in [0.25, 0.3) is 22.4 Å². The maximum atomic E-state index is 11.7. The van der Waals surface area contributed by atoms with Gasteiger partial charge in [-0.15, -0.1) is 0 Å². The van der Waals surface area contributed by atoms with Crippen LogP contribution >= 0.6 is 0 Å². The van der Waals surface area contributed by atoms with E-state index < -0.39 is 9.85 Å². The van der Waals surface area contributed by atoms with Crippen LogP contribution in [-0.2, 0) is 0 Å². The van der Waals surface area contributed by atoms with Crippen LogP contribution in [0.4, 0.5) is 17.2 Å². The van der Waals surface area contributed by atoms with Crippen LogP contribution in [-0.4, -0.2) is 21.6 Å². The van der Waals surface area contributed by atoms with Gasteiger partial charge >= 0.3 is 0 Å². The SMILES string of the molecule is N#Cc1c(-c2cc3c(cc2[N+](=O)[O-])OCO3)cc(-c2ccccc2[N+](=O)[O-])nc1N. The highest BCUT2D eigenvalue weighted by atomic mass is 16.7. The van der Waals surface area contributed by atoms with E-state index in [0.29, 0.717) is 0 Å². The van der Waals surface area contributed by atoms with Gasteiger partial charge in [0.15, 0.2) is 11.5 Å². The number of fused-ring (bicyclic) bond motifs is 1. The summed E-state index contributed by atoms with van der Waals surface area (Å²) in [5.74, 6) is 0.252. The third-order valence-corrected chi connectivity index (χ3v) is 4.51. The zero-order valence-corrected chi connectivity index (χ0v) is 15.1. The molecule has 0 spiro atoms. The fourth-order valence-electron chi connectivity index (χ4n) is 3.18. The van der Waals surface area contributed by atoms with E-state index in [1.807, 2.05) is 6.07 Å². The van der Waals surface area contributed by atoms with Crippen LogP contribution in [0.5, 0.6) is 11.5 Å². The van der Waals surface area contributed by atoms with Crippen molar-refractivity contribution in [1.29, 1.82) is 5.26 Å². The Morgan fingerprint density at radius 1 is 0.967 bits per heavy atom. The van der Waals surface area contributed by atoms with E-state index in [1.165, 1.54) is 36.4 Å². The van der Waals surface area contributed by atoms with Gasteiger partial charge in [-0.05, 0) is 18.2 Å². The van der Waals surface area contributed by atoms with Crippen molar-refractivity contribution in [2.75, 3.05) is 12.5 Å². The van der Waals surface area contributed by atoms with E-state index in [-0.39, 0.29) is 63.4 Å². The minimum atomic E-state index is -0.625. The van der Waals surface area contributed by atoms with Gasteiger partial charge in [0.05, 0.1) is 32.7 Å². The Morgan fingerprint density at radius 2 is 1.63 bits per heavy atom. The second-order valence-electron chi connectivity index (χ2n) is 6.18. The number of anilines is 1. The van der Waals surface area contributed by atoms with Crippen molar-refractivity contribution in [2.45, 2.75) is 0 Å². The Bertz CT molecular complexity index is 1270. The topological polar surface area (TPSA) is 167 Å². The molecule has 11 heteroatoms. The summed E-state index contributed by atoms with van der Waals surface area (Å²) < 4.78 is 10.5. The summed E-state index contributed by atoms with van der Waals surface area (Å²) in [6, 6.07) is 11.7. The van der Waals surface area contributed by atoms with Gasteiger partial charge in [-0.25, -0.2) is 4.98 Å². The number of hydrogen-bond acceptors (Lipinski definition) is 9. The quantitative estimate of drug-likeness (QED) is 0.505. The highest BCUT2D eigenvalue weighted by Gasteiger charge is 2.28. The average Bonchev–Trinajstić information content (AvgIpc) is 3.19. The van der Waals surface area contributed by atoms with Gasteiger partial charge in [0.25, 0.3) is 11.4 Å². The van der Waals surface area contributed by atoms with Crippen molar-refractivity contribution in [3.63, 3.8) is 0 Å². The van der Waals surface area contributed by atoms with Gasteiger partial charge < -0.3 is 15.2 Å². The first-order valence-corrected chi connectivity index (χ1v) is 8.43. The number of nitrogen functional groups attached to an aromatic ring is 1. The Kier molecular flexibility index (Phi) is 4.36. The number of nitriles is 1. The molecule has 0 radical (unpaired) electrons. The average molecular weight is 405 g/mol. The highest BCUT2D eigenvalue weighted by Crippen LogP contribution is 2.44. The number of ether oxygens (including phenoxy) is 2. The van der Waals surface area contributed by atoms with Crippen molar-refractivity contribution >= 4 is 17.2 Å². The number of nitrogens with zero attached hydrogens (tertiary/aromatic N) is 4. The summed E-state index contributed by atoms with van der Waals surface area (Å²) in [7, 11) is 0. The summed E-state index contributed by atoms with van der Waals surface area (Å²) in [6.45, 7) is -0.0962. The Labute approximate surface area is 168 Å². The molecule has 0 atom stereocenters. The molecule has 1 aliphatic rings. The molecule has 2 heterocycles.